The van der Waals surface area contributed by atoms with Crippen molar-refractivity contribution in [1.29, 1.82) is 0 Å². The second-order valence-corrected chi connectivity index (χ2v) is 17.9. The molecule has 0 aliphatic rings. The van der Waals surface area contributed by atoms with E-state index in [1.54, 1.807) is 0 Å². The highest BCUT2D eigenvalue weighted by Crippen LogP contribution is 2.46. The monoisotopic (exact) mass is 832 g/mol. The first-order valence-electron chi connectivity index (χ1n) is 22.0. The van der Waals surface area contributed by atoms with Gasteiger partial charge in [0.15, 0.2) is 0 Å². The summed E-state index contributed by atoms with van der Waals surface area (Å²) < 4.78 is 7.53. The van der Waals surface area contributed by atoms with Crippen molar-refractivity contribution in [1.82, 2.24) is 9.13 Å². The molecular formula is C61H40N2S. The van der Waals surface area contributed by atoms with E-state index in [2.05, 4.69) is 223 Å². The SMILES string of the molecule is C=C/C=C\c1c(C)c2cc(-c3ccc4c(c3)c3ccccc3n4-c3cc(-c4cccc5c4sc4ccccc45)cc4c5ccccc5c5ccccc5c34)ccc2n1-c1ccccc1. The first-order valence-corrected chi connectivity index (χ1v) is 22.8. The van der Waals surface area contributed by atoms with Crippen LogP contribution in [-0.4, -0.2) is 9.13 Å². The summed E-state index contributed by atoms with van der Waals surface area (Å²) in [6.45, 7) is 6.20. The Labute approximate surface area is 374 Å². The lowest BCUT2D eigenvalue weighted by Gasteiger charge is -2.19. The second kappa shape index (κ2) is 14.3. The summed E-state index contributed by atoms with van der Waals surface area (Å²) in [4.78, 5) is 0. The summed E-state index contributed by atoms with van der Waals surface area (Å²) in [5, 5.41) is 13.9. The van der Waals surface area contributed by atoms with Crippen LogP contribution in [0.25, 0.3) is 125 Å². The van der Waals surface area contributed by atoms with Crippen LogP contribution in [0, 0.1) is 6.92 Å². The van der Waals surface area contributed by atoms with E-state index in [9.17, 15) is 0 Å². The molecule has 0 aliphatic carbocycles. The Morgan fingerprint density at radius 3 is 1.78 bits per heavy atom. The number of rotatable bonds is 6. The van der Waals surface area contributed by atoms with E-state index >= 15 is 0 Å². The minimum Gasteiger partial charge on any atom is -0.310 e. The van der Waals surface area contributed by atoms with E-state index < -0.39 is 0 Å². The van der Waals surface area contributed by atoms with Gasteiger partial charge in [0.25, 0.3) is 0 Å². The molecule has 64 heavy (non-hydrogen) atoms. The van der Waals surface area contributed by atoms with E-state index in [0.29, 0.717) is 0 Å². The molecule has 0 saturated carbocycles. The van der Waals surface area contributed by atoms with Gasteiger partial charge in [-0.1, -0.05) is 152 Å². The Morgan fingerprint density at radius 2 is 1.02 bits per heavy atom. The van der Waals surface area contributed by atoms with Crippen LogP contribution in [-0.2, 0) is 0 Å². The van der Waals surface area contributed by atoms with Crippen molar-refractivity contribution in [2.24, 2.45) is 0 Å². The van der Waals surface area contributed by atoms with Crippen molar-refractivity contribution in [3.63, 3.8) is 0 Å². The molecule has 3 heterocycles. The maximum atomic E-state index is 3.96. The maximum Gasteiger partial charge on any atom is 0.0553 e. The fourth-order valence-corrected chi connectivity index (χ4v) is 11.8. The molecule has 0 aliphatic heterocycles. The number of aromatic nitrogens is 2. The smallest absolute Gasteiger partial charge is 0.0553 e. The molecule has 0 bridgehead atoms. The number of allylic oxidation sites excluding steroid dienone is 2. The predicted molar refractivity (Wildman–Crippen MR) is 278 cm³/mol. The van der Waals surface area contributed by atoms with Crippen molar-refractivity contribution in [3.05, 3.63) is 224 Å². The molecule has 0 saturated heterocycles. The van der Waals surface area contributed by atoms with Crippen LogP contribution >= 0.6 is 11.3 Å². The lowest BCUT2D eigenvalue weighted by atomic mass is 9.90. The minimum atomic E-state index is 1.14. The van der Waals surface area contributed by atoms with Crippen molar-refractivity contribution < 1.29 is 0 Å². The number of thiophene rings is 1. The molecule has 2 nitrogen and oxygen atoms in total. The van der Waals surface area contributed by atoms with Crippen LogP contribution in [0.3, 0.4) is 0 Å². The van der Waals surface area contributed by atoms with Crippen LogP contribution < -0.4 is 0 Å². The van der Waals surface area contributed by atoms with Crippen LogP contribution in [0.5, 0.6) is 0 Å². The molecule has 0 atom stereocenters. The Balaban J connectivity index is 1.09. The highest BCUT2D eigenvalue weighted by atomic mass is 32.1. The third-order valence-electron chi connectivity index (χ3n) is 13.5. The summed E-state index contributed by atoms with van der Waals surface area (Å²) in [5.41, 5.74) is 13.2. The van der Waals surface area contributed by atoms with E-state index in [4.69, 9.17) is 0 Å². The van der Waals surface area contributed by atoms with Crippen molar-refractivity contribution in [2.45, 2.75) is 6.92 Å². The molecule has 0 unspecified atom stereocenters. The van der Waals surface area contributed by atoms with E-state index in [0.717, 1.165) is 11.4 Å². The molecule has 13 aromatic rings. The number of nitrogens with zero attached hydrogens (tertiary/aromatic N) is 2. The maximum absolute atomic E-state index is 3.96. The van der Waals surface area contributed by atoms with Crippen LogP contribution in [0.15, 0.2) is 213 Å². The summed E-state index contributed by atoms with van der Waals surface area (Å²) >= 11 is 1.89. The molecule has 300 valence electrons. The Kier molecular flexibility index (Phi) is 8.18. The van der Waals surface area contributed by atoms with E-state index in [1.807, 2.05) is 23.5 Å². The Morgan fingerprint density at radius 1 is 0.438 bits per heavy atom. The molecule has 10 aromatic carbocycles. The van der Waals surface area contributed by atoms with Crippen molar-refractivity contribution in [2.75, 3.05) is 0 Å². The zero-order chi connectivity index (χ0) is 42.5. The fraction of sp³-hybridized carbons (Fsp3) is 0.0164. The Hall–Kier alpha value is -7.98. The van der Waals surface area contributed by atoms with Gasteiger partial charge in [-0.25, -0.2) is 0 Å². The molecule has 3 heteroatoms. The van der Waals surface area contributed by atoms with Gasteiger partial charge < -0.3 is 9.13 Å². The molecule has 0 N–H and O–H groups in total. The zero-order valence-electron chi connectivity index (χ0n) is 35.2. The minimum absolute atomic E-state index is 1.14. The van der Waals surface area contributed by atoms with E-state index in [1.165, 1.54) is 119 Å². The molecule has 13 rings (SSSR count). The Bertz CT molecular complexity index is 4100. The summed E-state index contributed by atoms with van der Waals surface area (Å²) in [6, 6.07) is 72.1. The van der Waals surface area contributed by atoms with Gasteiger partial charge in [0.05, 0.1) is 22.2 Å². The summed E-state index contributed by atoms with van der Waals surface area (Å²) in [5.74, 6) is 0. The summed E-state index contributed by atoms with van der Waals surface area (Å²) in [6.07, 6.45) is 6.04. The molecule has 3 aromatic heterocycles. The van der Waals surface area contributed by atoms with Gasteiger partial charge in [-0.3, -0.25) is 0 Å². The van der Waals surface area contributed by atoms with Gasteiger partial charge in [-0.05, 0) is 128 Å². The first-order chi connectivity index (χ1) is 31.6. The molecule has 0 radical (unpaired) electrons. The molecular weight excluding hydrogens is 793 g/mol. The van der Waals surface area contributed by atoms with Crippen LogP contribution in [0.1, 0.15) is 11.3 Å². The quantitative estimate of drug-likeness (QED) is 0.117. The zero-order valence-corrected chi connectivity index (χ0v) is 36.0. The average Bonchev–Trinajstić information content (AvgIpc) is 4.00. The number of hydrogen-bond donors (Lipinski definition) is 0. The van der Waals surface area contributed by atoms with Gasteiger partial charge >= 0.3 is 0 Å². The molecule has 0 spiro atoms. The number of aryl methyl sites for hydroxylation is 1. The van der Waals surface area contributed by atoms with E-state index in [-0.39, 0.29) is 0 Å². The second-order valence-electron chi connectivity index (χ2n) is 16.9. The van der Waals surface area contributed by atoms with Gasteiger partial charge in [-0.2, -0.15) is 0 Å². The standard InChI is InChI=1S/C61H40N2S/c1-3-4-27-54-38(2)51-34-39(30-32-56(51)62(54)42-17-6-5-7-18-42)40-31-33-57-52(35-40)47-22-12-14-28-55(47)63(57)58-37-41(43-25-16-26-50-48-23-13-15-29-59(48)64-61(43)50)36-53-46-21-9-8-19-44(46)45-20-10-11-24-49(45)60(53)58/h3-37H,1H2,2H3/b27-4-. The molecule has 0 amide bonds. The lowest BCUT2D eigenvalue weighted by molar-refractivity contribution is 1.10. The van der Waals surface area contributed by atoms with Gasteiger partial charge in [0.2, 0.25) is 0 Å². The average molecular weight is 833 g/mol. The molecule has 0 fully saturated rings. The number of para-hydroxylation sites is 2. The number of benzene rings is 10. The predicted octanol–water partition coefficient (Wildman–Crippen LogP) is 17.4. The van der Waals surface area contributed by atoms with Gasteiger partial charge in [0, 0.05) is 53.1 Å². The van der Waals surface area contributed by atoms with Crippen LogP contribution in [0.2, 0.25) is 0 Å². The van der Waals surface area contributed by atoms with Crippen LogP contribution in [0.4, 0.5) is 0 Å². The van der Waals surface area contributed by atoms with Crippen molar-refractivity contribution in [3.8, 4) is 33.6 Å². The topological polar surface area (TPSA) is 9.86 Å². The normalized spacial score (nSPS) is 12.1. The third-order valence-corrected chi connectivity index (χ3v) is 14.7. The highest BCUT2D eigenvalue weighted by Gasteiger charge is 2.22. The number of fused-ring (bicyclic) bond motifs is 13. The summed E-state index contributed by atoms with van der Waals surface area (Å²) in [7, 11) is 0. The first kappa shape index (κ1) is 36.7. The fourth-order valence-electron chi connectivity index (χ4n) is 10.6. The third kappa shape index (κ3) is 5.38. The largest absolute Gasteiger partial charge is 0.310 e. The highest BCUT2D eigenvalue weighted by molar-refractivity contribution is 7.26. The van der Waals surface area contributed by atoms with Gasteiger partial charge in [-0.15, -0.1) is 11.3 Å². The van der Waals surface area contributed by atoms with Crippen molar-refractivity contribution >= 4 is 103 Å². The lowest BCUT2D eigenvalue weighted by Crippen LogP contribution is -1.98. The number of hydrogen-bond acceptors (Lipinski definition) is 1. The van der Waals surface area contributed by atoms with Gasteiger partial charge in [0.1, 0.15) is 0 Å².